The maximum Gasteiger partial charge on any atom is 0.0431 e. The second-order valence-corrected chi connectivity index (χ2v) is 4.84. The van der Waals surface area contributed by atoms with Gasteiger partial charge in [-0.3, -0.25) is 0 Å². The molecule has 0 bridgehead atoms. The van der Waals surface area contributed by atoms with E-state index in [1.54, 1.807) is 0 Å². The van der Waals surface area contributed by atoms with Crippen molar-refractivity contribution in [2.75, 3.05) is 19.7 Å². The van der Waals surface area contributed by atoms with E-state index in [2.05, 4.69) is 26.1 Å². The first-order chi connectivity index (χ1) is 6.06. The molecule has 0 unspecified atom stereocenters. The smallest absolute Gasteiger partial charge is 0.0431 e. The quantitative estimate of drug-likeness (QED) is 0.599. The molecule has 0 aliphatic rings. The fourth-order valence-electron chi connectivity index (χ4n) is 1.13. The zero-order valence-electron chi connectivity index (χ0n) is 9.40. The van der Waals surface area contributed by atoms with Gasteiger partial charge in [-0.2, -0.15) is 0 Å². The Hall–Kier alpha value is -0.0800. The Morgan fingerprint density at radius 1 is 1.00 bits per heavy atom. The summed E-state index contributed by atoms with van der Waals surface area (Å²) in [5.74, 6) is 0. The monoisotopic (exact) mass is 187 g/mol. The number of hydrogen-bond donors (Lipinski definition) is 2. The largest absolute Gasteiger partial charge is 0.396 e. The second kappa shape index (κ2) is 7.34. The van der Waals surface area contributed by atoms with Crippen LogP contribution in [0.4, 0.5) is 0 Å². The standard InChI is InChI=1S/C11H25NO/c1-11(2,3)7-9-12-8-5-4-6-10-13/h12-13H,4-10H2,1-3H3. The van der Waals surface area contributed by atoms with Crippen molar-refractivity contribution in [1.29, 1.82) is 0 Å². The van der Waals surface area contributed by atoms with E-state index in [4.69, 9.17) is 5.11 Å². The van der Waals surface area contributed by atoms with E-state index < -0.39 is 0 Å². The van der Waals surface area contributed by atoms with Crippen LogP contribution in [0.3, 0.4) is 0 Å². The molecule has 0 aromatic heterocycles. The van der Waals surface area contributed by atoms with E-state index in [0.717, 1.165) is 25.9 Å². The molecule has 0 aromatic carbocycles. The lowest BCUT2D eigenvalue weighted by molar-refractivity contribution is 0.282. The Labute approximate surface area is 82.7 Å². The molecule has 80 valence electrons. The molecule has 2 heteroatoms. The van der Waals surface area contributed by atoms with Gasteiger partial charge in [-0.05, 0) is 44.2 Å². The molecular formula is C11H25NO. The molecule has 0 heterocycles. The first-order valence-electron chi connectivity index (χ1n) is 5.38. The minimum Gasteiger partial charge on any atom is -0.396 e. The van der Waals surface area contributed by atoms with Gasteiger partial charge in [0, 0.05) is 6.61 Å². The lowest BCUT2D eigenvalue weighted by Crippen LogP contribution is -2.21. The summed E-state index contributed by atoms with van der Waals surface area (Å²) in [5, 5.41) is 12.0. The van der Waals surface area contributed by atoms with E-state index in [1.807, 2.05) is 0 Å². The molecule has 0 aliphatic heterocycles. The van der Waals surface area contributed by atoms with Gasteiger partial charge in [0.05, 0.1) is 0 Å². The highest BCUT2D eigenvalue weighted by molar-refractivity contribution is 4.62. The highest BCUT2D eigenvalue weighted by Gasteiger charge is 2.08. The van der Waals surface area contributed by atoms with Crippen LogP contribution >= 0.6 is 0 Å². The van der Waals surface area contributed by atoms with E-state index in [-0.39, 0.29) is 0 Å². The van der Waals surface area contributed by atoms with Crippen LogP contribution in [0.1, 0.15) is 46.5 Å². The molecule has 2 nitrogen and oxygen atoms in total. The van der Waals surface area contributed by atoms with Crippen LogP contribution in [0.2, 0.25) is 0 Å². The van der Waals surface area contributed by atoms with Gasteiger partial charge < -0.3 is 10.4 Å². The van der Waals surface area contributed by atoms with Crippen LogP contribution in [0, 0.1) is 5.41 Å². The summed E-state index contributed by atoms with van der Waals surface area (Å²) in [6, 6.07) is 0. The number of aliphatic hydroxyl groups excluding tert-OH is 1. The van der Waals surface area contributed by atoms with Gasteiger partial charge in [-0.25, -0.2) is 0 Å². The molecule has 0 spiro atoms. The van der Waals surface area contributed by atoms with Crippen molar-refractivity contribution in [2.24, 2.45) is 5.41 Å². The third kappa shape index (κ3) is 11.9. The van der Waals surface area contributed by atoms with Gasteiger partial charge in [-0.1, -0.05) is 20.8 Å². The molecule has 0 atom stereocenters. The Morgan fingerprint density at radius 3 is 2.23 bits per heavy atom. The number of unbranched alkanes of at least 4 members (excludes halogenated alkanes) is 2. The summed E-state index contributed by atoms with van der Waals surface area (Å²) in [5.41, 5.74) is 0.443. The zero-order valence-corrected chi connectivity index (χ0v) is 9.40. The van der Waals surface area contributed by atoms with Crippen molar-refractivity contribution in [3.8, 4) is 0 Å². The van der Waals surface area contributed by atoms with E-state index in [9.17, 15) is 0 Å². The van der Waals surface area contributed by atoms with Crippen LogP contribution in [0.25, 0.3) is 0 Å². The first kappa shape index (κ1) is 12.9. The molecule has 0 fully saturated rings. The van der Waals surface area contributed by atoms with Gasteiger partial charge in [0.15, 0.2) is 0 Å². The third-order valence-electron chi connectivity index (χ3n) is 2.06. The van der Waals surface area contributed by atoms with Crippen LogP contribution in [0.15, 0.2) is 0 Å². The van der Waals surface area contributed by atoms with Crippen molar-refractivity contribution in [1.82, 2.24) is 5.32 Å². The van der Waals surface area contributed by atoms with Crippen molar-refractivity contribution in [2.45, 2.75) is 46.5 Å². The fraction of sp³-hybridized carbons (Fsp3) is 1.00. The van der Waals surface area contributed by atoms with Gasteiger partial charge >= 0.3 is 0 Å². The molecular weight excluding hydrogens is 162 g/mol. The highest BCUT2D eigenvalue weighted by Crippen LogP contribution is 2.16. The molecule has 0 saturated carbocycles. The van der Waals surface area contributed by atoms with Gasteiger partial charge in [0.25, 0.3) is 0 Å². The lowest BCUT2D eigenvalue weighted by Gasteiger charge is -2.17. The number of aliphatic hydroxyl groups is 1. The summed E-state index contributed by atoms with van der Waals surface area (Å²) in [6.45, 7) is 9.34. The van der Waals surface area contributed by atoms with Crippen molar-refractivity contribution in [3.63, 3.8) is 0 Å². The molecule has 0 aromatic rings. The molecule has 0 saturated heterocycles. The normalized spacial score (nSPS) is 12.0. The SMILES string of the molecule is CC(C)(C)CCNCCCCCO. The summed E-state index contributed by atoms with van der Waals surface area (Å²) in [7, 11) is 0. The van der Waals surface area contributed by atoms with E-state index in [0.29, 0.717) is 12.0 Å². The zero-order chi connectivity index (χ0) is 10.2. The van der Waals surface area contributed by atoms with Crippen LogP contribution in [-0.2, 0) is 0 Å². The Bertz CT molecular complexity index is 107. The van der Waals surface area contributed by atoms with Gasteiger partial charge in [0.1, 0.15) is 0 Å². The fourth-order valence-corrected chi connectivity index (χ4v) is 1.13. The second-order valence-electron chi connectivity index (χ2n) is 4.84. The Kier molecular flexibility index (Phi) is 7.29. The van der Waals surface area contributed by atoms with Crippen LogP contribution in [-0.4, -0.2) is 24.8 Å². The average molecular weight is 187 g/mol. The molecule has 0 rings (SSSR count). The summed E-state index contributed by atoms with van der Waals surface area (Å²) >= 11 is 0. The Morgan fingerprint density at radius 2 is 1.69 bits per heavy atom. The molecule has 2 N–H and O–H groups in total. The Balaban J connectivity index is 3.00. The summed E-state index contributed by atoms with van der Waals surface area (Å²) in [4.78, 5) is 0. The van der Waals surface area contributed by atoms with Gasteiger partial charge in [-0.15, -0.1) is 0 Å². The summed E-state index contributed by atoms with van der Waals surface area (Å²) in [6.07, 6.45) is 4.50. The van der Waals surface area contributed by atoms with Crippen LogP contribution < -0.4 is 5.32 Å². The van der Waals surface area contributed by atoms with E-state index in [1.165, 1.54) is 12.8 Å². The van der Waals surface area contributed by atoms with Crippen molar-refractivity contribution < 1.29 is 5.11 Å². The lowest BCUT2D eigenvalue weighted by atomic mass is 9.92. The topological polar surface area (TPSA) is 32.3 Å². The van der Waals surface area contributed by atoms with Gasteiger partial charge in [0.2, 0.25) is 0 Å². The summed E-state index contributed by atoms with van der Waals surface area (Å²) < 4.78 is 0. The maximum absolute atomic E-state index is 8.56. The van der Waals surface area contributed by atoms with Crippen molar-refractivity contribution in [3.05, 3.63) is 0 Å². The third-order valence-corrected chi connectivity index (χ3v) is 2.06. The molecule has 0 aliphatic carbocycles. The first-order valence-corrected chi connectivity index (χ1v) is 5.38. The molecule has 13 heavy (non-hydrogen) atoms. The number of rotatable bonds is 7. The minimum atomic E-state index is 0.335. The van der Waals surface area contributed by atoms with Crippen molar-refractivity contribution >= 4 is 0 Å². The molecule has 0 amide bonds. The number of hydrogen-bond acceptors (Lipinski definition) is 2. The highest BCUT2D eigenvalue weighted by atomic mass is 16.2. The predicted molar refractivity (Wildman–Crippen MR) is 57.9 cm³/mol. The van der Waals surface area contributed by atoms with Crippen LogP contribution in [0.5, 0.6) is 0 Å². The molecule has 0 radical (unpaired) electrons. The minimum absolute atomic E-state index is 0.335. The number of nitrogens with one attached hydrogen (secondary N) is 1. The average Bonchev–Trinajstić information content (AvgIpc) is 2.01. The predicted octanol–water partition coefficient (Wildman–Crippen LogP) is 2.17. The maximum atomic E-state index is 8.56. The van der Waals surface area contributed by atoms with E-state index >= 15 is 0 Å².